The van der Waals surface area contributed by atoms with Crippen LogP contribution in [0.5, 0.6) is 5.75 Å². The number of benzene rings is 7. The Hall–Kier alpha value is -5.42. The van der Waals surface area contributed by atoms with Gasteiger partial charge in [0.1, 0.15) is 24.4 Å². The number of ether oxygens (including phenoxy) is 6. The van der Waals surface area contributed by atoms with Crippen LogP contribution in [0.1, 0.15) is 38.9 Å². The minimum absolute atomic E-state index is 0.0523. The molecular weight excluding hydrogens is 791 g/mol. The van der Waals surface area contributed by atoms with Gasteiger partial charge in [-0.15, -0.1) is 0 Å². The summed E-state index contributed by atoms with van der Waals surface area (Å²) in [6.45, 7) is 0.931. The van der Waals surface area contributed by atoms with Crippen molar-refractivity contribution in [3.05, 3.63) is 220 Å². The second-order valence-electron chi connectivity index (χ2n) is 15.2. The van der Waals surface area contributed by atoms with Crippen LogP contribution in [0.15, 0.2) is 170 Å². The van der Waals surface area contributed by atoms with Crippen molar-refractivity contribution >= 4 is 22.4 Å². The number of hydrogen-bond acceptors (Lipinski definition) is 7. The third-order valence-electron chi connectivity index (χ3n) is 11.0. The zero-order chi connectivity index (χ0) is 42.0. The SMILES string of the molecule is COc1ccc(Cc2cc([C@]3(O)O[C@H](COCc4ccccc4)[C@@H](OCc4ccccc4)[C@H](OCc4ccccc4)[C@H]3OCc3ccccc3)c3ccccc3c2Cl)cc1F. The van der Waals surface area contributed by atoms with Crippen LogP contribution < -0.4 is 4.74 Å². The van der Waals surface area contributed by atoms with Crippen LogP contribution in [0.2, 0.25) is 5.02 Å². The van der Waals surface area contributed by atoms with Gasteiger partial charge in [0.15, 0.2) is 11.6 Å². The molecule has 1 fully saturated rings. The highest BCUT2D eigenvalue weighted by Gasteiger charge is 2.58. The lowest BCUT2D eigenvalue weighted by atomic mass is 9.84. The van der Waals surface area contributed by atoms with Crippen LogP contribution in [0.3, 0.4) is 0 Å². The maximum atomic E-state index is 15.0. The molecule has 7 aromatic rings. The summed E-state index contributed by atoms with van der Waals surface area (Å²) >= 11 is 7.21. The number of fused-ring (bicyclic) bond motifs is 1. The molecule has 1 aliphatic heterocycles. The van der Waals surface area contributed by atoms with E-state index in [1.807, 2.05) is 152 Å². The Morgan fingerprint density at radius 1 is 0.590 bits per heavy atom. The quantitative estimate of drug-likeness (QED) is 0.0979. The van der Waals surface area contributed by atoms with E-state index in [4.69, 9.17) is 40.0 Å². The van der Waals surface area contributed by atoms with Crippen molar-refractivity contribution in [1.82, 2.24) is 0 Å². The molecule has 1 heterocycles. The Kier molecular flexibility index (Phi) is 13.8. The van der Waals surface area contributed by atoms with E-state index < -0.39 is 36.0 Å². The number of aliphatic hydroxyl groups is 1. The molecule has 7 aromatic carbocycles. The topological polar surface area (TPSA) is 75.6 Å². The predicted molar refractivity (Wildman–Crippen MR) is 235 cm³/mol. The summed E-state index contributed by atoms with van der Waals surface area (Å²) in [6, 6.07) is 53.7. The largest absolute Gasteiger partial charge is 0.494 e. The zero-order valence-electron chi connectivity index (χ0n) is 33.9. The lowest BCUT2D eigenvalue weighted by Gasteiger charge is -2.50. The van der Waals surface area contributed by atoms with Gasteiger partial charge < -0.3 is 33.5 Å². The van der Waals surface area contributed by atoms with Crippen LogP contribution in [-0.4, -0.2) is 43.2 Å². The minimum atomic E-state index is -2.16. The van der Waals surface area contributed by atoms with Gasteiger partial charge in [-0.3, -0.25) is 0 Å². The molecule has 0 aromatic heterocycles. The van der Waals surface area contributed by atoms with Gasteiger partial charge in [0, 0.05) is 10.9 Å². The second kappa shape index (κ2) is 20.0. The standard InChI is InChI=1S/C52H48ClFO7/c1-56-46-27-26-40(29-45(46)54)28-41-30-44(42-24-14-15-25-43(42)48(41)53)52(55)51(60-34-39-22-12-5-13-23-39)50(59-33-38-20-10-4-11-21-38)49(58-32-37-18-8-3-9-19-37)47(61-52)35-57-31-36-16-6-2-7-17-36/h2-27,29-30,47,49-51,55H,28,31-35H2,1H3/t47-,49-,50+,51-,52+/m1/s1. The van der Waals surface area contributed by atoms with Gasteiger partial charge in [0.2, 0.25) is 5.79 Å². The van der Waals surface area contributed by atoms with Gasteiger partial charge in [0.25, 0.3) is 0 Å². The molecule has 1 aliphatic rings. The number of methoxy groups -OCH3 is 1. The first kappa shape index (κ1) is 42.3. The van der Waals surface area contributed by atoms with Crippen LogP contribution in [0.4, 0.5) is 4.39 Å². The molecule has 0 radical (unpaired) electrons. The third kappa shape index (κ3) is 10.0. The van der Waals surface area contributed by atoms with Crippen molar-refractivity contribution in [1.29, 1.82) is 0 Å². The van der Waals surface area contributed by atoms with Gasteiger partial charge in [-0.05, 0) is 63.4 Å². The van der Waals surface area contributed by atoms with Gasteiger partial charge in [-0.2, -0.15) is 0 Å². The Morgan fingerprint density at radius 2 is 1.10 bits per heavy atom. The van der Waals surface area contributed by atoms with E-state index >= 15 is 4.39 Å². The van der Waals surface area contributed by atoms with Crippen LogP contribution in [0, 0.1) is 5.82 Å². The lowest BCUT2D eigenvalue weighted by molar-refractivity contribution is -0.378. The molecular formula is C52H48ClFO7. The van der Waals surface area contributed by atoms with Crippen molar-refractivity contribution in [2.45, 2.75) is 63.1 Å². The fourth-order valence-electron chi connectivity index (χ4n) is 7.93. The van der Waals surface area contributed by atoms with E-state index in [1.54, 1.807) is 12.1 Å². The van der Waals surface area contributed by atoms with Crippen molar-refractivity contribution in [2.24, 2.45) is 0 Å². The molecule has 7 nitrogen and oxygen atoms in total. The van der Waals surface area contributed by atoms with Gasteiger partial charge in [-0.1, -0.05) is 163 Å². The maximum Gasteiger partial charge on any atom is 0.223 e. The molecule has 5 atom stereocenters. The summed E-state index contributed by atoms with van der Waals surface area (Å²) in [5, 5.41) is 15.5. The molecule has 61 heavy (non-hydrogen) atoms. The van der Waals surface area contributed by atoms with Gasteiger partial charge in [0.05, 0.1) is 45.2 Å². The molecule has 0 saturated carbocycles. The monoisotopic (exact) mass is 838 g/mol. The van der Waals surface area contributed by atoms with E-state index in [1.165, 1.54) is 13.2 Å². The summed E-state index contributed by atoms with van der Waals surface area (Å²) in [7, 11) is 1.43. The normalized spacial score (nSPS) is 20.1. The van der Waals surface area contributed by atoms with Gasteiger partial charge >= 0.3 is 0 Å². The first-order valence-corrected chi connectivity index (χ1v) is 20.8. The second-order valence-corrected chi connectivity index (χ2v) is 15.6. The van der Waals surface area contributed by atoms with Crippen molar-refractivity contribution < 1.29 is 37.9 Å². The smallest absolute Gasteiger partial charge is 0.223 e. The van der Waals surface area contributed by atoms with Crippen molar-refractivity contribution in [3.8, 4) is 5.75 Å². The highest BCUT2D eigenvalue weighted by Crippen LogP contribution is 2.46. The molecule has 0 spiro atoms. The van der Waals surface area contributed by atoms with Crippen LogP contribution in [0.25, 0.3) is 10.8 Å². The van der Waals surface area contributed by atoms with Crippen LogP contribution in [-0.2, 0) is 62.3 Å². The number of rotatable bonds is 17. The van der Waals surface area contributed by atoms with Gasteiger partial charge in [-0.25, -0.2) is 4.39 Å². The molecule has 1 N–H and O–H groups in total. The predicted octanol–water partition coefficient (Wildman–Crippen LogP) is 10.7. The summed E-state index contributed by atoms with van der Waals surface area (Å²) in [5.41, 5.74) is 5.51. The fourth-order valence-corrected chi connectivity index (χ4v) is 8.22. The summed E-state index contributed by atoms with van der Waals surface area (Å²) in [6.07, 6.45) is -3.43. The Morgan fingerprint density at radius 3 is 1.66 bits per heavy atom. The molecule has 0 unspecified atom stereocenters. The first-order valence-electron chi connectivity index (χ1n) is 20.4. The lowest BCUT2D eigenvalue weighted by Crippen LogP contribution is -2.65. The number of halogens is 2. The molecule has 0 bridgehead atoms. The number of hydrogen-bond donors (Lipinski definition) is 1. The molecule has 9 heteroatoms. The molecule has 312 valence electrons. The van der Waals surface area contributed by atoms with Crippen molar-refractivity contribution in [2.75, 3.05) is 13.7 Å². The van der Waals surface area contributed by atoms with E-state index in [-0.39, 0.29) is 38.6 Å². The maximum absolute atomic E-state index is 15.0. The highest BCUT2D eigenvalue weighted by molar-refractivity contribution is 6.36. The summed E-state index contributed by atoms with van der Waals surface area (Å²) < 4.78 is 54.4. The Bertz CT molecular complexity index is 2470. The minimum Gasteiger partial charge on any atom is -0.494 e. The molecule has 8 rings (SSSR count). The summed E-state index contributed by atoms with van der Waals surface area (Å²) in [5.74, 6) is -2.50. The first-order chi connectivity index (χ1) is 29.9. The molecule has 0 amide bonds. The Balaban J connectivity index is 1.27. The van der Waals surface area contributed by atoms with E-state index in [0.717, 1.165) is 22.3 Å². The molecule has 0 aliphatic carbocycles. The van der Waals surface area contributed by atoms with Crippen LogP contribution >= 0.6 is 11.6 Å². The zero-order valence-corrected chi connectivity index (χ0v) is 34.6. The average molecular weight is 839 g/mol. The van der Waals surface area contributed by atoms with E-state index in [0.29, 0.717) is 39.1 Å². The summed E-state index contributed by atoms with van der Waals surface area (Å²) in [4.78, 5) is 0. The highest BCUT2D eigenvalue weighted by atomic mass is 35.5. The average Bonchev–Trinajstić information content (AvgIpc) is 3.30. The molecule has 1 saturated heterocycles. The van der Waals surface area contributed by atoms with E-state index in [2.05, 4.69) is 0 Å². The Labute approximate surface area is 361 Å². The fraction of sp³-hybridized carbons (Fsp3) is 0.231. The van der Waals surface area contributed by atoms with Crippen molar-refractivity contribution in [3.63, 3.8) is 0 Å². The third-order valence-corrected chi connectivity index (χ3v) is 11.4. The van der Waals surface area contributed by atoms with E-state index in [9.17, 15) is 5.11 Å².